The Hall–Kier alpha value is -3.41. The summed E-state index contributed by atoms with van der Waals surface area (Å²) in [4.78, 5) is 12.4. The summed E-state index contributed by atoms with van der Waals surface area (Å²) >= 11 is 2.63. The van der Waals surface area contributed by atoms with E-state index < -0.39 is 0 Å². The number of nitriles is 1. The maximum absolute atomic E-state index is 12.4. The highest BCUT2D eigenvalue weighted by atomic mass is 32.2. The van der Waals surface area contributed by atoms with E-state index in [-0.39, 0.29) is 11.7 Å². The van der Waals surface area contributed by atoms with Gasteiger partial charge in [0.1, 0.15) is 11.1 Å². The first kappa shape index (κ1) is 19.9. The van der Waals surface area contributed by atoms with Crippen molar-refractivity contribution >= 4 is 34.0 Å². The molecule has 0 bridgehead atoms. The normalized spacial score (nSPS) is 10.5. The molecule has 2 aromatic carbocycles. The van der Waals surface area contributed by atoms with Gasteiger partial charge in [0.25, 0.3) is 0 Å². The van der Waals surface area contributed by atoms with Crippen LogP contribution in [-0.4, -0.2) is 26.4 Å². The van der Waals surface area contributed by atoms with E-state index in [1.807, 2.05) is 66.1 Å². The molecule has 1 N–H and O–H groups in total. The number of aromatic nitrogens is 3. The predicted octanol–water partition coefficient (Wildman–Crippen LogP) is 4.91. The molecule has 0 aliphatic carbocycles. The van der Waals surface area contributed by atoms with Crippen molar-refractivity contribution in [2.75, 3.05) is 11.1 Å². The van der Waals surface area contributed by atoms with Crippen molar-refractivity contribution in [3.05, 3.63) is 77.2 Å². The van der Waals surface area contributed by atoms with Gasteiger partial charge < -0.3 is 5.32 Å². The molecule has 6 nitrogen and oxygen atoms in total. The molecule has 30 heavy (non-hydrogen) atoms. The standard InChI is InChI=1S/C22H17N5OS2/c1-15-7-9-18(10-8-15)27-20(16-5-3-2-4-6-16)25-26-22(27)30-14-19(28)24-21-17(13-23)11-12-29-21/h2-12H,14H2,1H3,(H,24,28). The number of amides is 1. The number of thiophene rings is 1. The Balaban J connectivity index is 1.60. The first-order chi connectivity index (χ1) is 14.7. The van der Waals surface area contributed by atoms with Crippen LogP contribution >= 0.6 is 23.1 Å². The summed E-state index contributed by atoms with van der Waals surface area (Å²) in [6.07, 6.45) is 0. The molecule has 148 valence electrons. The van der Waals surface area contributed by atoms with Crippen molar-refractivity contribution < 1.29 is 4.79 Å². The fourth-order valence-corrected chi connectivity index (χ4v) is 4.36. The number of hydrogen-bond acceptors (Lipinski definition) is 6. The van der Waals surface area contributed by atoms with Crippen LogP contribution in [0.4, 0.5) is 5.00 Å². The third-order valence-electron chi connectivity index (χ3n) is 4.33. The fraction of sp³-hybridized carbons (Fsp3) is 0.0909. The predicted molar refractivity (Wildman–Crippen MR) is 120 cm³/mol. The minimum atomic E-state index is -0.196. The summed E-state index contributed by atoms with van der Waals surface area (Å²) in [5.41, 5.74) is 3.50. The van der Waals surface area contributed by atoms with Gasteiger partial charge in [-0.3, -0.25) is 9.36 Å². The van der Waals surface area contributed by atoms with Crippen molar-refractivity contribution in [1.29, 1.82) is 5.26 Å². The first-order valence-corrected chi connectivity index (χ1v) is 11.0. The van der Waals surface area contributed by atoms with Crippen LogP contribution in [-0.2, 0) is 4.79 Å². The van der Waals surface area contributed by atoms with Gasteiger partial charge in [-0.1, -0.05) is 59.8 Å². The van der Waals surface area contributed by atoms with E-state index in [0.29, 0.717) is 21.5 Å². The lowest BCUT2D eigenvalue weighted by Crippen LogP contribution is -2.14. The summed E-state index contributed by atoms with van der Waals surface area (Å²) in [6.45, 7) is 2.04. The molecule has 1 amide bonds. The number of nitrogens with one attached hydrogen (secondary N) is 1. The number of rotatable bonds is 6. The zero-order chi connectivity index (χ0) is 20.9. The minimum Gasteiger partial charge on any atom is -0.316 e. The van der Waals surface area contributed by atoms with Gasteiger partial charge in [0.15, 0.2) is 11.0 Å². The van der Waals surface area contributed by atoms with Gasteiger partial charge in [-0.05, 0) is 30.5 Å². The van der Waals surface area contributed by atoms with E-state index in [4.69, 9.17) is 5.26 Å². The molecule has 0 saturated carbocycles. The summed E-state index contributed by atoms with van der Waals surface area (Å²) in [7, 11) is 0. The second kappa shape index (κ2) is 8.95. The van der Waals surface area contributed by atoms with Crippen LogP contribution < -0.4 is 5.32 Å². The molecule has 0 atom stereocenters. The Kier molecular flexibility index (Phi) is 5.93. The number of carbonyl (C=O) groups excluding carboxylic acids is 1. The van der Waals surface area contributed by atoms with Gasteiger partial charge in [-0.15, -0.1) is 21.5 Å². The molecule has 2 aromatic heterocycles. The number of benzene rings is 2. The topological polar surface area (TPSA) is 83.6 Å². The maximum Gasteiger partial charge on any atom is 0.235 e. The van der Waals surface area contributed by atoms with E-state index >= 15 is 0 Å². The van der Waals surface area contributed by atoms with E-state index in [1.54, 1.807) is 11.4 Å². The first-order valence-electron chi connectivity index (χ1n) is 9.14. The van der Waals surface area contributed by atoms with Gasteiger partial charge in [-0.25, -0.2) is 0 Å². The van der Waals surface area contributed by atoms with Crippen LogP contribution in [0, 0.1) is 18.3 Å². The number of carbonyl (C=O) groups is 1. The second-order valence-corrected chi connectivity index (χ2v) is 8.31. The average molecular weight is 432 g/mol. The third kappa shape index (κ3) is 4.27. The number of nitrogens with zero attached hydrogens (tertiary/aromatic N) is 4. The van der Waals surface area contributed by atoms with E-state index in [2.05, 4.69) is 21.6 Å². The van der Waals surface area contributed by atoms with Crippen molar-refractivity contribution in [3.8, 4) is 23.1 Å². The molecule has 0 aliphatic rings. The molecule has 0 fully saturated rings. The SMILES string of the molecule is Cc1ccc(-n2c(SCC(=O)Nc3sccc3C#N)nnc2-c2ccccc2)cc1. The number of thioether (sulfide) groups is 1. The molecule has 0 saturated heterocycles. The molecule has 2 heterocycles. The highest BCUT2D eigenvalue weighted by molar-refractivity contribution is 7.99. The molecular weight excluding hydrogens is 414 g/mol. The van der Waals surface area contributed by atoms with E-state index in [9.17, 15) is 4.79 Å². The van der Waals surface area contributed by atoms with Gasteiger partial charge in [0.2, 0.25) is 5.91 Å². The van der Waals surface area contributed by atoms with E-state index in [0.717, 1.165) is 16.8 Å². The highest BCUT2D eigenvalue weighted by Crippen LogP contribution is 2.28. The monoisotopic (exact) mass is 431 g/mol. The van der Waals surface area contributed by atoms with Crippen LogP contribution in [0.15, 0.2) is 71.2 Å². The summed E-state index contributed by atoms with van der Waals surface area (Å²) < 4.78 is 1.96. The molecule has 0 spiro atoms. The lowest BCUT2D eigenvalue weighted by atomic mass is 10.2. The third-order valence-corrected chi connectivity index (χ3v) is 6.09. The second-order valence-electron chi connectivity index (χ2n) is 6.46. The zero-order valence-corrected chi connectivity index (χ0v) is 17.7. The lowest BCUT2D eigenvalue weighted by Gasteiger charge is -2.11. The lowest BCUT2D eigenvalue weighted by molar-refractivity contribution is -0.113. The molecule has 4 rings (SSSR count). The summed E-state index contributed by atoms with van der Waals surface area (Å²) in [5.74, 6) is 0.674. The van der Waals surface area contributed by atoms with Crippen molar-refractivity contribution in [2.45, 2.75) is 12.1 Å². The Bertz CT molecular complexity index is 1210. The van der Waals surface area contributed by atoms with Crippen molar-refractivity contribution in [2.24, 2.45) is 0 Å². The summed E-state index contributed by atoms with van der Waals surface area (Å²) in [6, 6.07) is 21.7. The van der Waals surface area contributed by atoms with Crippen molar-refractivity contribution in [3.63, 3.8) is 0 Å². The molecule has 4 aromatic rings. The number of anilines is 1. The quantitative estimate of drug-likeness (QED) is 0.439. The zero-order valence-electron chi connectivity index (χ0n) is 16.1. The van der Waals surface area contributed by atoms with Gasteiger partial charge in [0, 0.05) is 11.3 Å². The molecule has 0 aliphatic heterocycles. The maximum atomic E-state index is 12.4. The van der Waals surface area contributed by atoms with Gasteiger partial charge >= 0.3 is 0 Å². The highest BCUT2D eigenvalue weighted by Gasteiger charge is 2.17. The molecular formula is C22H17N5OS2. The molecule has 8 heteroatoms. The Morgan fingerprint density at radius 3 is 2.63 bits per heavy atom. The van der Waals surface area contributed by atoms with Crippen molar-refractivity contribution in [1.82, 2.24) is 14.8 Å². The smallest absolute Gasteiger partial charge is 0.235 e. The van der Waals surface area contributed by atoms with Crippen LogP contribution in [0.5, 0.6) is 0 Å². The summed E-state index contributed by atoms with van der Waals surface area (Å²) in [5, 5.41) is 23.6. The average Bonchev–Trinajstić information content (AvgIpc) is 3.40. The van der Waals surface area contributed by atoms with Crippen LogP contribution in [0.1, 0.15) is 11.1 Å². The number of hydrogen-bond donors (Lipinski definition) is 1. The molecule has 0 unspecified atom stereocenters. The Morgan fingerprint density at radius 1 is 1.13 bits per heavy atom. The number of aryl methyl sites for hydroxylation is 1. The Morgan fingerprint density at radius 2 is 1.90 bits per heavy atom. The van der Waals surface area contributed by atoms with Gasteiger partial charge in [-0.2, -0.15) is 5.26 Å². The van der Waals surface area contributed by atoms with Gasteiger partial charge in [0.05, 0.1) is 11.3 Å². The van der Waals surface area contributed by atoms with Crippen LogP contribution in [0.2, 0.25) is 0 Å². The largest absolute Gasteiger partial charge is 0.316 e. The molecule has 0 radical (unpaired) electrons. The minimum absolute atomic E-state index is 0.154. The van der Waals surface area contributed by atoms with E-state index in [1.165, 1.54) is 23.1 Å². The Labute approximate surface area is 182 Å². The van der Waals surface area contributed by atoms with Crippen LogP contribution in [0.25, 0.3) is 17.1 Å². The fourth-order valence-electron chi connectivity index (χ4n) is 2.85. The van der Waals surface area contributed by atoms with Crippen LogP contribution in [0.3, 0.4) is 0 Å².